The molecule has 0 fully saturated rings. The number of halogens is 2. The molecule has 1 aromatic carbocycles. The predicted molar refractivity (Wildman–Crippen MR) is 71.3 cm³/mol. The molecule has 5 nitrogen and oxygen atoms in total. The Balaban J connectivity index is 2.60. The minimum atomic E-state index is -1.17. The van der Waals surface area contributed by atoms with Crippen molar-refractivity contribution in [3.8, 4) is 11.3 Å². The molecule has 106 valence electrons. The van der Waals surface area contributed by atoms with Gasteiger partial charge in [0.15, 0.2) is 5.69 Å². The summed E-state index contributed by atoms with van der Waals surface area (Å²) in [5, 5.41) is 13.1. The van der Waals surface area contributed by atoms with Gasteiger partial charge >= 0.3 is 5.97 Å². The molecular weight excluding hydrogens is 287 g/mol. The van der Waals surface area contributed by atoms with Gasteiger partial charge in [-0.15, -0.1) is 0 Å². The fourth-order valence-corrected chi connectivity index (χ4v) is 2.16. The van der Waals surface area contributed by atoms with Gasteiger partial charge in [-0.25, -0.2) is 9.18 Å². The van der Waals surface area contributed by atoms with Crippen LogP contribution in [0.2, 0.25) is 5.02 Å². The van der Waals surface area contributed by atoms with E-state index in [0.29, 0.717) is 16.3 Å². The number of benzene rings is 1. The van der Waals surface area contributed by atoms with Gasteiger partial charge in [0.25, 0.3) is 0 Å². The maximum atomic E-state index is 14.4. The average Bonchev–Trinajstić information content (AvgIpc) is 2.76. The number of aromatic carboxylic acids is 1. The first-order valence-electron chi connectivity index (χ1n) is 5.68. The molecule has 0 unspecified atom stereocenters. The molecule has 20 heavy (non-hydrogen) atoms. The minimum absolute atomic E-state index is 0.0725. The Morgan fingerprint density at radius 1 is 1.50 bits per heavy atom. The number of carboxylic acids is 1. The third kappa shape index (κ3) is 2.66. The molecule has 0 atom stereocenters. The number of carboxylic acid groups (broad SMARTS) is 1. The molecule has 0 spiro atoms. The second-order valence-corrected chi connectivity index (χ2v) is 4.64. The first-order valence-corrected chi connectivity index (χ1v) is 6.06. The Hall–Kier alpha value is -1.92. The molecule has 1 aromatic heterocycles. The third-order valence-electron chi connectivity index (χ3n) is 2.79. The third-order valence-corrected chi connectivity index (χ3v) is 3.01. The number of ether oxygens (including phenoxy) is 1. The van der Waals surface area contributed by atoms with Crippen LogP contribution in [0.5, 0.6) is 0 Å². The minimum Gasteiger partial charge on any atom is -0.476 e. The van der Waals surface area contributed by atoms with Gasteiger partial charge in [0, 0.05) is 30.3 Å². The van der Waals surface area contributed by atoms with Crippen molar-refractivity contribution in [3.63, 3.8) is 0 Å². The molecule has 0 aliphatic carbocycles. The maximum absolute atomic E-state index is 14.4. The van der Waals surface area contributed by atoms with Crippen LogP contribution in [0, 0.1) is 5.82 Å². The van der Waals surface area contributed by atoms with E-state index in [-0.39, 0.29) is 17.9 Å². The normalized spacial score (nSPS) is 10.8. The van der Waals surface area contributed by atoms with Crippen LogP contribution < -0.4 is 0 Å². The van der Waals surface area contributed by atoms with Gasteiger partial charge in [0.2, 0.25) is 0 Å². The Morgan fingerprint density at radius 2 is 2.20 bits per heavy atom. The molecule has 0 bridgehead atoms. The second kappa shape index (κ2) is 5.60. The summed E-state index contributed by atoms with van der Waals surface area (Å²) in [6.45, 7) is 0.0725. The highest BCUT2D eigenvalue weighted by Crippen LogP contribution is 2.29. The van der Waals surface area contributed by atoms with Gasteiger partial charge < -0.3 is 9.84 Å². The van der Waals surface area contributed by atoms with E-state index in [1.54, 1.807) is 0 Å². The smallest absolute Gasteiger partial charge is 0.356 e. The SMILES string of the molecule is COCc1cc(Cl)cc(-c2cc(C(=O)O)nn2C)c1F. The molecule has 2 aromatic rings. The quantitative estimate of drug-likeness (QED) is 0.942. The molecule has 2 rings (SSSR count). The van der Waals surface area contributed by atoms with Gasteiger partial charge in [0.05, 0.1) is 12.3 Å². The van der Waals surface area contributed by atoms with Crippen molar-refractivity contribution in [1.82, 2.24) is 9.78 Å². The van der Waals surface area contributed by atoms with E-state index >= 15 is 0 Å². The molecule has 0 saturated carbocycles. The van der Waals surface area contributed by atoms with Crippen molar-refractivity contribution in [1.29, 1.82) is 0 Å². The first kappa shape index (κ1) is 14.5. The highest BCUT2D eigenvalue weighted by Gasteiger charge is 2.18. The second-order valence-electron chi connectivity index (χ2n) is 4.20. The molecule has 0 saturated heterocycles. The molecule has 0 aliphatic heterocycles. The van der Waals surface area contributed by atoms with Crippen molar-refractivity contribution in [2.75, 3.05) is 7.11 Å². The van der Waals surface area contributed by atoms with Crippen LogP contribution in [0.15, 0.2) is 18.2 Å². The van der Waals surface area contributed by atoms with E-state index in [4.69, 9.17) is 21.4 Å². The zero-order valence-corrected chi connectivity index (χ0v) is 11.6. The maximum Gasteiger partial charge on any atom is 0.356 e. The monoisotopic (exact) mass is 298 g/mol. The first-order chi connectivity index (χ1) is 9.43. The van der Waals surface area contributed by atoms with Crippen molar-refractivity contribution < 1.29 is 19.0 Å². The Morgan fingerprint density at radius 3 is 2.75 bits per heavy atom. The average molecular weight is 299 g/mol. The largest absolute Gasteiger partial charge is 0.476 e. The van der Waals surface area contributed by atoms with Gasteiger partial charge in [-0.2, -0.15) is 5.10 Å². The van der Waals surface area contributed by atoms with Crippen LogP contribution in [-0.2, 0) is 18.4 Å². The summed E-state index contributed by atoms with van der Waals surface area (Å²) in [6.07, 6.45) is 0. The highest BCUT2D eigenvalue weighted by molar-refractivity contribution is 6.31. The molecule has 1 N–H and O–H groups in total. The van der Waals surface area contributed by atoms with E-state index in [1.165, 1.54) is 37.0 Å². The summed E-state index contributed by atoms with van der Waals surface area (Å²) < 4.78 is 20.6. The number of hydrogen-bond acceptors (Lipinski definition) is 3. The van der Waals surface area contributed by atoms with E-state index in [0.717, 1.165) is 0 Å². The van der Waals surface area contributed by atoms with Crippen LogP contribution >= 0.6 is 11.6 Å². The molecule has 0 aliphatic rings. The van der Waals surface area contributed by atoms with E-state index in [2.05, 4.69) is 5.10 Å². The van der Waals surface area contributed by atoms with E-state index in [9.17, 15) is 9.18 Å². The Kier molecular flexibility index (Phi) is 4.06. The molecule has 7 heteroatoms. The fraction of sp³-hybridized carbons (Fsp3) is 0.231. The van der Waals surface area contributed by atoms with Crippen molar-refractivity contribution in [2.24, 2.45) is 7.05 Å². The number of methoxy groups -OCH3 is 1. The zero-order valence-electron chi connectivity index (χ0n) is 10.9. The summed E-state index contributed by atoms with van der Waals surface area (Å²) >= 11 is 5.96. The lowest BCUT2D eigenvalue weighted by atomic mass is 10.1. The summed E-state index contributed by atoms with van der Waals surface area (Å²) in [5.74, 6) is -1.68. The summed E-state index contributed by atoms with van der Waals surface area (Å²) in [4.78, 5) is 10.9. The van der Waals surface area contributed by atoms with Crippen LogP contribution in [0.1, 0.15) is 16.1 Å². The Bertz CT molecular complexity index is 670. The number of aryl methyl sites for hydroxylation is 1. The fourth-order valence-electron chi connectivity index (χ4n) is 1.92. The predicted octanol–water partition coefficient (Wildman–Crippen LogP) is 2.72. The van der Waals surface area contributed by atoms with E-state index in [1.807, 2.05) is 0 Å². The van der Waals surface area contributed by atoms with E-state index < -0.39 is 11.8 Å². The van der Waals surface area contributed by atoms with Crippen LogP contribution in [0.25, 0.3) is 11.3 Å². The number of aromatic nitrogens is 2. The zero-order chi connectivity index (χ0) is 14.9. The van der Waals surface area contributed by atoms with Crippen LogP contribution in [0.3, 0.4) is 0 Å². The lowest BCUT2D eigenvalue weighted by molar-refractivity contribution is 0.0689. The van der Waals surface area contributed by atoms with Gasteiger partial charge in [-0.3, -0.25) is 4.68 Å². The lowest BCUT2D eigenvalue weighted by Gasteiger charge is -2.09. The topological polar surface area (TPSA) is 64.3 Å². The van der Waals surface area contributed by atoms with Gasteiger partial charge in [-0.05, 0) is 18.2 Å². The summed E-state index contributed by atoms with van der Waals surface area (Å²) in [7, 11) is 2.99. The standard InChI is InChI=1S/C13H12ClFN2O3/c1-17-11(5-10(16-17)13(18)19)9-4-8(14)3-7(6-20-2)12(9)15/h3-5H,6H2,1-2H3,(H,18,19). The number of carbonyl (C=O) groups is 1. The number of rotatable bonds is 4. The number of hydrogen-bond donors (Lipinski definition) is 1. The molecular formula is C13H12ClFN2O3. The summed E-state index contributed by atoms with van der Waals surface area (Å²) in [5.41, 5.74) is 0.662. The van der Waals surface area contributed by atoms with Crippen molar-refractivity contribution in [3.05, 3.63) is 40.3 Å². The van der Waals surface area contributed by atoms with Crippen LogP contribution in [0.4, 0.5) is 4.39 Å². The number of nitrogens with zero attached hydrogens (tertiary/aromatic N) is 2. The molecule has 0 radical (unpaired) electrons. The van der Waals surface area contributed by atoms with Gasteiger partial charge in [0.1, 0.15) is 5.82 Å². The van der Waals surface area contributed by atoms with Crippen molar-refractivity contribution >= 4 is 17.6 Å². The molecule has 0 amide bonds. The van der Waals surface area contributed by atoms with Crippen molar-refractivity contribution in [2.45, 2.75) is 6.61 Å². The molecule has 1 heterocycles. The highest BCUT2D eigenvalue weighted by atomic mass is 35.5. The summed E-state index contributed by atoms with van der Waals surface area (Å²) in [6, 6.07) is 4.20. The Labute approximate surface area is 119 Å². The lowest BCUT2D eigenvalue weighted by Crippen LogP contribution is -2.01. The van der Waals surface area contributed by atoms with Crippen LogP contribution in [-0.4, -0.2) is 28.0 Å². The van der Waals surface area contributed by atoms with Gasteiger partial charge in [-0.1, -0.05) is 11.6 Å².